The second-order valence-electron chi connectivity index (χ2n) is 7.41. The lowest BCUT2D eigenvalue weighted by Gasteiger charge is -2.08. The van der Waals surface area contributed by atoms with Gasteiger partial charge in [-0.05, 0) is 42.0 Å². The molecule has 0 amide bonds. The first-order chi connectivity index (χ1) is 14.5. The maximum Gasteiger partial charge on any atom is 0.159 e. The molecule has 0 heterocycles. The van der Waals surface area contributed by atoms with Crippen molar-refractivity contribution >= 4 is 29.6 Å². The van der Waals surface area contributed by atoms with E-state index < -0.39 is 0 Å². The van der Waals surface area contributed by atoms with Crippen molar-refractivity contribution < 1.29 is 4.79 Å². The van der Waals surface area contributed by atoms with E-state index in [2.05, 4.69) is 16.4 Å². The van der Waals surface area contributed by atoms with Crippen molar-refractivity contribution in [3.63, 3.8) is 0 Å². The van der Waals surface area contributed by atoms with Gasteiger partial charge in [-0.25, -0.2) is 0 Å². The average molecular weight is 401 g/mol. The number of aliphatic imine (C=N–C) groups is 1. The lowest BCUT2D eigenvalue weighted by Crippen LogP contribution is -2.19. The molecule has 0 bridgehead atoms. The monoisotopic (exact) mass is 400 g/mol. The lowest BCUT2D eigenvalue weighted by molar-refractivity contribution is -0.115. The van der Waals surface area contributed by atoms with Gasteiger partial charge in [-0.3, -0.25) is 15.2 Å². The fraction of sp³-hybridized carbons (Fsp3) is 0.240. The normalized spacial score (nSPS) is 17.8. The number of hydrogen-bond acceptors (Lipinski definition) is 3. The van der Waals surface area contributed by atoms with Gasteiger partial charge in [0.2, 0.25) is 0 Å². The first-order valence-corrected chi connectivity index (χ1v) is 10.1. The van der Waals surface area contributed by atoms with Gasteiger partial charge in [-0.2, -0.15) is 0 Å². The molecule has 2 aromatic carbocycles. The highest BCUT2D eigenvalue weighted by molar-refractivity contribution is 6.01. The van der Waals surface area contributed by atoms with Gasteiger partial charge in [-0.15, -0.1) is 0 Å². The second-order valence-corrected chi connectivity index (χ2v) is 7.41. The van der Waals surface area contributed by atoms with Gasteiger partial charge in [0.05, 0.1) is 0 Å². The van der Waals surface area contributed by atoms with Crippen molar-refractivity contribution in [3.05, 3.63) is 81.9 Å². The fourth-order valence-electron chi connectivity index (χ4n) is 3.64. The summed E-state index contributed by atoms with van der Waals surface area (Å²) in [7, 11) is 3.61. The van der Waals surface area contributed by atoms with E-state index in [1.807, 2.05) is 61.7 Å². The largest absolute Gasteiger partial charge is 0.384 e. The van der Waals surface area contributed by atoms with Crippen LogP contribution in [-0.2, 0) is 4.79 Å². The van der Waals surface area contributed by atoms with E-state index in [1.54, 1.807) is 7.05 Å². The SMILES string of the molecule is CN=C(NC)c1ccc(/C=C2\CC(=Cc3ccc(C(=N)N)cc3)CCCC2=O)cc1. The Bertz CT molecular complexity index is 1010. The number of allylic oxidation sites excluding steroid dienone is 2. The van der Waals surface area contributed by atoms with Crippen molar-refractivity contribution in [2.24, 2.45) is 10.7 Å². The molecule has 4 N–H and O–H groups in total. The number of carbonyl (C=O) groups is 1. The van der Waals surface area contributed by atoms with Gasteiger partial charge >= 0.3 is 0 Å². The van der Waals surface area contributed by atoms with Crippen LogP contribution in [0.15, 0.2) is 64.7 Å². The molecule has 3 rings (SSSR count). The van der Waals surface area contributed by atoms with Crippen LogP contribution in [0, 0.1) is 5.41 Å². The molecule has 0 aliphatic heterocycles. The Morgan fingerprint density at radius 2 is 1.60 bits per heavy atom. The third-order valence-electron chi connectivity index (χ3n) is 5.26. The van der Waals surface area contributed by atoms with Crippen LogP contribution in [-0.4, -0.2) is 31.5 Å². The summed E-state index contributed by atoms with van der Waals surface area (Å²) in [5.41, 5.74) is 11.4. The molecule has 0 saturated heterocycles. The number of Topliss-reactive ketones (excluding diaryl/α,β-unsaturated/α-hetero) is 1. The van der Waals surface area contributed by atoms with Crippen LogP contribution in [0.3, 0.4) is 0 Å². The minimum absolute atomic E-state index is 0.0672. The molecule has 1 aliphatic carbocycles. The number of benzene rings is 2. The predicted molar refractivity (Wildman–Crippen MR) is 125 cm³/mol. The van der Waals surface area contributed by atoms with Crippen molar-refractivity contribution in [3.8, 4) is 0 Å². The zero-order chi connectivity index (χ0) is 21.5. The minimum Gasteiger partial charge on any atom is -0.384 e. The molecule has 0 spiro atoms. The summed E-state index contributed by atoms with van der Waals surface area (Å²) in [6.07, 6.45) is 7.17. The fourth-order valence-corrected chi connectivity index (χ4v) is 3.64. The molecule has 1 aliphatic rings. The van der Waals surface area contributed by atoms with Crippen LogP contribution >= 0.6 is 0 Å². The standard InChI is InChI=1S/C25H28N4O/c1-28-25(29-2)21-12-8-18(9-13-21)15-22-16-19(4-3-5-23(22)30)14-17-6-10-20(11-7-17)24(26)27/h6-15H,3-5,16H2,1-2H3,(H3,26,27)(H,28,29)/b19-14?,22-15+. The van der Waals surface area contributed by atoms with E-state index in [1.165, 1.54) is 5.57 Å². The summed E-state index contributed by atoms with van der Waals surface area (Å²) in [5.74, 6) is 1.12. The highest BCUT2D eigenvalue weighted by atomic mass is 16.1. The van der Waals surface area contributed by atoms with Gasteiger partial charge in [-0.1, -0.05) is 60.2 Å². The summed E-state index contributed by atoms with van der Waals surface area (Å²) in [4.78, 5) is 16.9. The Morgan fingerprint density at radius 3 is 2.17 bits per heavy atom. The molecule has 0 aromatic heterocycles. The number of rotatable bonds is 4. The van der Waals surface area contributed by atoms with Crippen molar-refractivity contribution in [1.29, 1.82) is 5.41 Å². The molecule has 0 radical (unpaired) electrons. The van der Waals surface area contributed by atoms with Crippen LogP contribution in [0.5, 0.6) is 0 Å². The summed E-state index contributed by atoms with van der Waals surface area (Å²) in [6, 6.07) is 15.7. The maximum absolute atomic E-state index is 12.6. The number of nitrogen functional groups attached to an aromatic ring is 1. The van der Waals surface area contributed by atoms with Crippen LogP contribution in [0.25, 0.3) is 12.2 Å². The molecule has 2 aromatic rings. The number of hydrogen-bond donors (Lipinski definition) is 3. The number of nitrogens with zero attached hydrogens (tertiary/aromatic N) is 1. The summed E-state index contributed by atoms with van der Waals surface area (Å²) in [5, 5.41) is 10.6. The number of nitrogens with one attached hydrogen (secondary N) is 2. The number of carbonyl (C=O) groups excluding carboxylic acids is 1. The molecule has 0 atom stereocenters. The number of amidine groups is 2. The smallest absolute Gasteiger partial charge is 0.159 e. The van der Waals surface area contributed by atoms with Crippen molar-refractivity contribution in [2.45, 2.75) is 25.7 Å². The van der Waals surface area contributed by atoms with Crippen LogP contribution in [0.1, 0.15) is 47.9 Å². The van der Waals surface area contributed by atoms with Gasteiger partial charge in [0, 0.05) is 31.6 Å². The zero-order valence-corrected chi connectivity index (χ0v) is 17.5. The van der Waals surface area contributed by atoms with Crippen LogP contribution in [0.4, 0.5) is 0 Å². The second kappa shape index (κ2) is 9.83. The summed E-state index contributed by atoms with van der Waals surface area (Å²) in [6.45, 7) is 0. The Morgan fingerprint density at radius 1 is 1.00 bits per heavy atom. The average Bonchev–Trinajstić information content (AvgIpc) is 2.91. The quantitative estimate of drug-likeness (QED) is 0.311. The molecule has 30 heavy (non-hydrogen) atoms. The topological polar surface area (TPSA) is 91.3 Å². The van der Waals surface area contributed by atoms with E-state index in [0.29, 0.717) is 18.4 Å². The van der Waals surface area contributed by atoms with Crippen molar-refractivity contribution in [1.82, 2.24) is 5.32 Å². The molecule has 1 saturated carbocycles. The molecule has 1 fully saturated rings. The molecule has 0 unspecified atom stereocenters. The third kappa shape index (κ3) is 5.32. The van der Waals surface area contributed by atoms with Crippen molar-refractivity contribution in [2.75, 3.05) is 14.1 Å². The van der Waals surface area contributed by atoms with Crippen LogP contribution in [0.2, 0.25) is 0 Å². The maximum atomic E-state index is 12.6. The number of ketones is 1. The zero-order valence-electron chi connectivity index (χ0n) is 17.5. The number of nitrogens with two attached hydrogens (primary N) is 1. The third-order valence-corrected chi connectivity index (χ3v) is 5.26. The van der Waals surface area contributed by atoms with Gasteiger partial charge in [0.1, 0.15) is 11.7 Å². The predicted octanol–water partition coefficient (Wildman–Crippen LogP) is 4.18. The first kappa shape index (κ1) is 21.2. The Kier molecular flexibility index (Phi) is 6.96. The molecule has 5 nitrogen and oxygen atoms in total. The lowest BCUT2D eigenvalue weighted by atomic mass is 9.98. The molecular formula is C25H28N4O. The summed E-state index contributed by atoms with van der Waals surface area (Å²) < 4.78 is 0. The molecule has 154 valence electrons. The van der Waals surface area contributed by atoms with E-state index in [0.717, 1.165) is 40.9 Å². The Hall–Kier alpha value is -3.47. The first-order valence-electron chi connectivity index (χ1n) is 10.1. The Labute approximate surface area is 177 Å². The minimum atomic E-state index is 0.0672. The highest BCUT2D eigenvalue weighted by Gasteiger charge is 2.17. The van der Waals surface area contributed by atoms with Crippen LogP contribution < -0.4 is 11.1 Å². The van der Waals surface area contributed by atoms with E-state index in [9.17, 15) is 4.79 Å². The van der Waals surface area contributed by atoms with E-state index in [4.69, 9.17) is 11.1 Å². The van der Waals surface area contributed by atoms with E-state index >= 15 is 0 Å². The van der Waals surface area contributed by atoms with Gasteiger partial charge in [0.25, 0.3) is 0 Å². The highest BCUT2D eigenvalue weighted by Crippen LogP contribution is 2.28. The van der Waals surface area contributed by atoms with Gasteiger partial charge < -0.3 is 11.1 Å². The Balaban J connectivity index is 1.83. The summed E-state index contributed by atoms with van der Waals surface area (Å²) >= 11 is 0. The van der Waals surface area contributed by atoms with E-state index in [-0.39, 0.29) is 11.6 Å². The molecule has 5 heteroatoms. The van der Waals surface area contributed by atoms with Gasteiger partial charge in [0.15, 0.2) is 5.78 Å². The molecular weight excluding hydrogens is 372 g/mol.